The van der Waals surface area contributed by atoms with Crippen LogP contribution in [0.1, 0.15) is 17.5 Å². The van der Waals surface area contributed by atoms with Crippen molar-refractivity contribution in [3.8, 4) is 11.5 Å². The minimum absolute atomic E-state index is 0.0428. The van der Waals surface area contributed by atoms with Crippen LogP contribution in [-0.4, -0.2) is 50.6 Å². The van der Waals surface area contributed by atoms with Gasteiger partial charge in [0.15, 0.2) is 0 Å². The van der Waals surface area contributed by atoms with Crippen LogP contribution in [0.3, 0.4) is 0 Å². The normalized spacial score (nSPS) is 16.0. The minimum Gasteiger partial charge on any atom is -0.497 e. The van der Waals surface area contributed by atoms with Crippen LogP contribution in [0.25, 0.3) is 0 Å². The Hall–Kier alpha value is -3.02. The molecule has 1 fully saturated rings. The van der Waals surface area contributed by atoms with Gasteiger partial charge in [0.05, 0.1) is 20.1 Å². The zero-order valence-electron chi connectivity index (χ0n) is 17.0. The Morgan fingerprint density at radius 3 is 2.07 bits per heavy atom. The summed E-state index contributed by atoms with van der Waals surface area (Å²) in [7, 11) is 3.28. The fraction of sp³-hybridized carbons (Fsp3) is 0.391. The van der Waals surface area contributed by atoms with Gasteiger partial charge in [0, 0.05) is 26.1 Å². The van der Waals surface area contributed by atoms with Crippen molar-refractivity contribution in [2.24, 2.45) is 5.92 Å². The summed E-state index contributed by atoms with van der Waals surface area (Å²) in [6.45, 7) is 1.67. The number of benzene rings is 2. The van der Waals surface area contributed by atoms with Crippen molar-refractivity contribution < 1.29 is 19.1 Å². The molecule has 1 N–H and O–H groups in total. The second kappa shape index (κ2) is 9.96. The summed E-state index contributed by atoms with van der Waals surface area (Å²) >= 11 is 0. The highest BCUT2D eigenvalue weighted by Crippen LogP contribution is 2.19. The molecule has 1 atom stereocenters. The molecule has 0 saturated carbocycles. The molecule has 0 radical (unpaired) electrons. The van der Waals surface area contributed by atoms with Crippen LogP contribution in [0.2, 0.25) is 0 Å². The third-order valence-corrected chi connectivity index (χ3v) is 5.29. The Morgan fingerprint density at radius 2 is 1.52 bits per heavy atom. The average molecular weight is 396 g/mol. The predicted octanol–water partition coefficient (Wildman–Crippen LogP) is 2.45. The quantitative estimate of drug-likeness (QED) is 0.707. The molecule has 0 aromatic heterocycles. The summed E-state index contributed by atoms with van der Waals surface area (Å²) in [6.07, 6.45) is 1.80. The van der Waals surface area contributed by atoms with Crippen LogP contribution in [0.5, 0.6) is 11.5 Å². The third kappa shape index (κ3) is 5.73. The van der Waals surface area contributed by atoms with Gasteiger partial charge in [-0.05, 0) is 48.2 Å². The minimum atomic E-state index is -0.269. The first-order valence-electron chi connectivity index (χ1n) is 9.90. The number of nitrogens with zero attached hydrogens (tertiary/aromatic N) is 1. The smallest absolute Gasteiger partial charge is 0.225 e. The monoisotopic (exact) mass is 396 g/mol. The number of carbonyl (C=O) groups is 2. The van der Waals surface area contributed by atoms with E-state index in [9.17, 15) is 9.59 Å². The Morgan fingerprint density at radius 1 is 0.966 bits per heavy atom. The second-order valence-electron chi connectivity index (χ2n) is 7.23. The lowest BCUT2D eigenvalue weighted by Gasteiger charge is -2.16. The number of likely N-dealkylation sites (tertiary alicyclic amines) is 1. The molecule has 3 rings (SSSR count). The van der Waals surface area contributed by atoms with Crippen LogP contribution >= 0.6 is 0 Å². The first-order chi connectivity index (χ1) is 14.1. The summed E-state index contributed by atoms with van der Waals surface area (Å²) in [4.78, 5) is 26.5. The fourth-order valence-electron chi connectivity index (χ4n) is 3.49. The molecule has 1 aliphatic heterocycles. The molecule has 0 spiro atoms. The predicted molar refractivity (Wildman–Crippen MR) is 111 cm³/mol. The van der Waals surface area contributed by atoms with Crippen molar-refractivity contribution in [1.82, 2.24) is 10.2 Å². The highest BCUT2D eigenvalue weighted by molar-refractivity contribution is 5.89. The molecule has 6 heteroatoms. The van der Waals surface area contributed by atoms with Crippen LogP contribution in [-0.2, 0) is 22.4 Å². The van der Waals surface area contributed by atoms with E-state index in [1.165, 1.54) is 0 Å². The van der Waals surface area contributed by atoms with E-state index < -0.39 is 0 Å². The SMILES string of the molecule is COc1ccc(CCNC(=O)C2CC(=O)N(CCc3ccc(OC)cc3)C2)cc1. The lowest BCUT2D eigenvalue weighted by Crippen LogP contribution is -2.34. The van der Waals surface area contributed by atoms with Crippen molar-refractivity contribution >= 4 is 11.8 Å². The summed E-state index contributed by atoms with van der Waals surface area (Å²) in [6, 6.07) is 15.6. The molecule has 6 nitrogen and oxygen atoms in total. The van der Waals surface area contributed by atoms with E-state index in [-0.39, 0.29) is 24.2 Å². The van der Waals surface area contributed by atoms with Gasteiger partial charge in [0.2, 0.25) is 11.8 Å². The lowest BCUT2D eigenvalue weighted by molar-refractivity contribution is -0.129. The maximum atomic E-state index is 12.4. The number of hydrogen-bond acceptors (Lipinski definition) is 4. The molecule has 1 heterocycles. The fourth-order valence-corrected chi connectivity index (χ4v) is 3.49. The number of amides is 2. The molecule has 1 aliphatic rings. The average Bonchev–Trinajstić information content (AvgIpc) is 3.13. The third-order valence-electron chi connectivity index (χ3n) is 5.29. The van der Waals surface area contributed by atoms with Crippen molar-refractivity contribution in [2.75, 3.05) is 33.9 Å². The zero-order chi connectivity index (χ0) is 20.6. The van der Waals surface area contributed by atoms with Crippen molar-refractivity contribution in [3.63, 3.8) is 0 Å². The Balaban J connectivity index is 1.41. The lowest BCUT2D eigenvalue weighted by atomic mass is 10.1. The van der Waals surface area contributed by atoms with Gasteiger partial charge in [-0.3, -0.25) is 9.59 Å². The molecule has 29 heavy (non-hydrogen) atoms. The molecular weight excluding hydrogens is 368 g/mol. The first-order valence-corrected chi connectivity index (χ1v) is 9.90. The van der Waals surface area contributed by atoms with E-state index in [2.05, 4.69) is 5.32 Å². The van der Waals surface area contributed by atoms with Crippen molar-refractivity contribution in [1.29, 1.82) is 0 Å². The Labute approximate surface area is 171 Å². The van der Waals surface area contributed by atoms with E-state index in [0.717, 1.165) is 35.5 Å². The number of rotatable bonds is 9. The molecular formula is C23H28N2O4. The molecule has 1 saturated heterocycles. The van der Waals surface area contributed by atoms with Crippen molar-refractivity contribution in [2.45, 2.75) is 19.3 Å². The second-order valence-corrected chi connectivity index (χ2v) is 7.23. The van der Waals surface area contributed by atoms with Gasteiger partial charge >= 0.3 is 0 Å². The van der Waals surface area contributed by atoms with Gasteiger partial charge in [-0.25, -0.2) is 0 Å². The number of nitrogens with one attached hydrogen (secondary N) is 1. The Kier molecular flexibility index (Phi) is 7.11. The van der Waals surface area contributed by atoms with Gasteiger partial charge in [-0.15, -0.1) is 0 Å². The molecule has 2 aromatic carbocycles. The largest absolute Gasteiger partial charge is 0.497 e. The van der Waals surface area contributed by atoms with Gasteiger partial charge in [0.25, 0.3) is 0 Å². The van der Waals surface area contributed by atoms with E-state index in [0.29, 0.717) is 19.6 Å². The number of methoxy groups -OCH3 is 2. The summed E-state index contributed by atoms with van der Waals surface area (Å²) in [5.41, 5.74) is 2.28. The highest BCUT2D eigenvalue weighted by atomic mass is 16.5. The number of carbonyl (C=O) groups excluding carboxylic acids is 2. The summed E-state index contributed by atoms with van der Waals surface area (Å²) in [5, 5.41) is 2.97. The number of ether oxygens (including phenoxy) is 2. The van der Waals surface area contributed by atoms with Crippen LogP contribution < -0.4 is 14.8 Å². The molecule has 0 bridgehead atoms. The van der Waals surface area contributed by atoms with Crippen LogP contribution in [0.4, 0.5) is 0 Å². The van der Waals surface area contributed by atoms with E-state index in [1.807, 2.05) is 48.5 Å². The van der Waals surface area contributed by atoms with Gasteiger partial charge in [-0.1, -0.05) is 24.3 Å². The van der Waals surface area contributed by atoms with Gasteiger partial charge < -0.3 is 19.7 Å². The van der Waals surface area contributed by atoms with E-state index in [1.54, 1.807) is 19.1 Å². The molecule has 1 unspecified atom stereocenters. The Bertz CT molecular complexity index is 818. The number of hydrogen-bond donors (Lipinski definition) is 1. The van der Waals surface area contributed by atoms with Crippen LogP contribution in [0.15, 0.2) is 48.5 Å². The molecule has 2 amide bonds. The first kappa shape index (κ1) is 20.7. The summed E-state index contributed by atoms with van der Waals surface area (Å²) < 4.78 is 10.3. The van der Waals surface area contributed by atoms with E-state index in [4.69, 9.17) is 9.47 Å². The van der Waals surface area contributed by atoms with E-state index >= 15 is 0 Å². The maximum Gasteiger partial charge on any atom is 0.225 e. The molecule has 2 aromatic rings. The topological polar surface area (TPSA) is 67.9 Å². The highest BCUT2D eigenvalue weighted by Gasteiger charge is 2.33. The van der Waals surface area contributed by atoms with Gasteiger partial charge in [0.1, 0.15) is 11.5 Å². The zero-order valence-corrected chi connectivity index (χ0v) is 17.0. The maximum absolute atomic E-state index is 12.4. The van der Waals surface area contributed by atoms with Crippen molar-refractivity contribution in [3.05, 3.63) is 59.7 Å². The molecule has 154 valence electrons. The standard InChI is InChI=1S/C23H28N2O4/c1-28-20-7-3-17(4-8-20)11-13-24-23(27)19-15-22(26)25(16-19)14-12-18-5-9-21(29-2)10-6-18/h3-10,19H,11-16H2,1-2H3,(H,24,27). The molecule has 0 aliphatic carbocycles. The van der Waals surface area contributed by atoms with Gasteiger partial charge in [-0.2, -0.15) is 0 Å². The van der Waals surface area contributed by atoms with Crippen LogP contribution in [0, 0.1) is 5.92 Å². The summed E-state index contributed by atoms with van der Waals surface area (Å²) in [5.74, 6) is 1.37.